The lowest BCUT2D eigenvalue weighted by Gasteiger charge is -2.10. The minimum atomic E-state index is 0.766. The summed E-state index contributed by atoms with van der Waals surface area (Å²) in [6.45, 7) is 4.84. The van der Waals surface area contributed by atoms with Crippen LogP contribution in [0.4, 0.5) is 0 Å². The smallest absolute Gasteiger partial charge is 0.159 e. The van der Waals surface area contributed by atoms with E-state index in [1.807, 2.05) is 33.0 Å². The molecule has 0 aliphatic heterocycles. The van der Waals surface area contributed by atoms with Gasteiger partial charge in [-0.25, -0.2) is 9.97 Å². The van der Waals surface area contributed by atoms with Crippen LogP contribution in [0.25, 0.3) is 11.4 Å². The number of hydrogen-bond donors (Lipinski definition) is 1. The van der Waals surface area contributed by atoms with Crippen molar-refractivity contribution in [2.45, 2.75) is 20.4 Å². The molecular formula is C13H16N4. The first-order chi connectivity index (χ1) is 8.22. The van der Waals surface area contributed by atoms with Gasteiger partial charge in [-0.05, 0) is 33.0 Å². The van der Waals surface area contributed by atoms with Crippen molar-refractivity contribution in [2.75, 3.05) is 7.05 Å². The van der Waals surface area contributed by atoms with Gasteiger partial charge in [0, 0.05) is 41.5 Å². The maximum Gasteiger partial charge on any atom is 0.159 e. The molecular weight excluding hydrogens is 212 g/mol. The summed E-state index contributed by atoms with van der Waals surface area (Å²) < 4.78 is 0. The zero-order valence-corrected chi connectivity index (χ0v) is 10.4. The summed E-state index contributed by atoms with van der Waals surface area (Å²) in [6, 6.07) is 3.85. The molecule has 4 nitrogen and oxygen atoms in total. The van der Waals surface area contributed by atoms with Gasteiger partial charge in [0.2, 0.25) is 0 Å². The molecule has 2 rings (SSSR count). The quantitative estimate of drug-likeness (QED) is 0.871. The van der Waals surface area contributed by atoms with Gasteiger partial charge in [-0.2, -0.15) is 0 Å². The molecule has 0 atom stereocenters. The highest BCUT2D eigenvalue weighted by Gasteiger charge is 2.08. The highest BCUT2D eigenvalue weighted by molar-refractivity contribution is 5.54. The molecule has 0 bridgehead atoms. The average Bonchev–Trinajstić information content (AvgIpc) is 2.35. The molecule has 0 saturated carbocycles. The van der Waals surface area contributed by atoms with Crippen molar-refractivity contribution in [3.63, 3.8) is 0 Å². The van der Waals surface area contributed by atoms with Gasteiger partial charge in [0.05, 0.1) is 0 Å². The Hall–Kier alpha value is -1.81. The molecule has 88 valence electrons. The predicted octanol–water partition coefficient (Wildman–Crippen LogP) is 1.87. The molecule has 0 radical (unpaired) electrons. The molecule has 0 aromatic carbocycles. The average molecular weight is 228 g/mol. The van der Waals surface area contributed by atoms with Gasteiger partial charge in [-0.15, -0.1) is 0 Å². The minimum absolute atomic E-state index is 0.766. The van der Waals surface area contributed by atoms with Crippen molar-refractivity contribution < 1.29 is 0 Å². The molecule has 2 heterocycles. The van der Waals surface area contributed by atoms with Crippen LogP contribution in [0.2, 0.25) is 0 Å². The molecule has 17 heavy (non-hydrogen) atoms. The maximum absolute atomic E-state index is 4.54. The summed E-state index contributed by atoms with van der Waals surface area (Å²) in [5, 5.41) is 3.13. The fourth-order valence-corrected chi connectivity index (χ4v) is 1.80. The Morgan fingerprint density at radius 3 is 2.18 bits per heavy atom. The number of aryl methyl sites for hydroxylation is 2. The van der Waals surface area contributed by atoms with E-state index in [0.29, 0.717) is 0 Å². The molecule has 0 saturated heterocycles. The summed E-state index contributed by atoms with van der Waals surface area (Å²) >= 11 is 0. The van der Waals surface area contributed by atoms with E-state index in [1.54, 1.807) is 12.4 Å². The molecule has 2 aromatic heterocycles. The number of nitrogens with one attached hydrogen (secondary N) is 1. The number of nitrogens with zero attached hydrogens (tertiary/aromatic N) is 3. The molecule has 4 heteroatoms. The first-order valence-electron chi connectivity index (χ1n) is 5.61. The third-order valence-electron chi connectivity index (χ3n) is 2.71. The zero-order valence-electron chi connectivity index (χ0n) is 10.4. The van der Waals surface area contributed by atoms with Crippen LogP contribution < -0.4 is 5.32 Å². The molecule has 0 unspecified atom stereocenters. The fraction of sp³-hybridized carbons (Fsp3) is 0.308. The number of pyridine rings is 1. The SMILES string of the molecule is CNCc1c(C)nc(-c2ccncc2)nc1C. The Morgan fingerprint density at radius 1 is 1.06 bits per heavy atom. The van der Waals surface area contributed by atoms with E-state index < -0.39 is 0 Å². The van der Waals surface area contributed by atoms with Crippen LogP contribution in [0.5, 0.6) is 0 Å². The van der Waals surface area contributed by atoms with Crippen LogP contribution in [0.3, 0.4) is 0 Å². The largest absolute Gasteiger partial charge is 0.316 e. The van der Waals surface area contributed by atoms with Gasteiger partial charge in [-0.1, -0.05) is 0 Å². The van der Waals surface area contributed by atoms with E-state index in [1.165, 1.54) is 5.56 Å². The first kappa shape index (κ1) is 11.7. The van der Waals surface area contributed by atoms with Crippen LogP contribution in [-0.4, -0.2) is 22.0 Å². The topological polar surface area (TPSA) is 50.7 Å². The molecule has 2 aromatic rings. The number of aromatic nitrogens is 3. The zero-order chi connectivity index (χ0) is 12.3. The summed E-state index contributed by atoms with van der Waals surface area (Å²) in [6.07, 6.45) is 3.51. The lowest BCUT2D eigenvalue weighted by Crippen LogP contribution is -2.11. The van der Waals surface area contributed by atoms with E-state index in [4.69, 9.17) is 0 Å². The highest BCUT2D eigenvalue weighted by Crippen LogP contribution is 2.17. The number of rotatable bonds is 3. The maximum atomic E-state index is 4.54. The van der Waals surface area contributed by atoms with Crippen molar-refractivity contribution in [2.24, 2.45) is 0 Å². The third-order valence-corrected chi connectivity index (χ3v) is 2.71. The second-order valence-electron chi connectivity index (χ2n) is 3.96. The number of hydrogen-bond acceptors (Lipinski definition) is 4. The van der Waals surface area contributed by atoms with Crippen molar-refractivity contribution >= 4 is 0 Å². The van der Waals surface area contributed by atoms with Gasteiger partial charge in [0.25, 0.3) is 0 Å². The second-order valence-corrected chi connectivity index (χ2v) is 3.96. The van der Waals surface area contributed by atoms with Gasteiger partial charge >= 0.3 is 0 Å². The van der Waals surface area contributed by atoms with E-state index in [9.17, 15) is 0 Å². The van der Waals surface area contributed by atoms with Gasteiger partial charge in [0.1, 0.15) is 0 Å². The third kappa shape index (κ3) is 2.47. The molecule has 0 aliphatic carbocycles. The molecule has 1 N–H and O–H groups in total. The predicted molar refractivity (Wildman–Crippen MR) is 67.5 cm³/mol. The van der Waals surface area contributed by atoms with Crippen molar-refractivity contribution in [3.05, 3.63) is 41.5 Å². The fourth-order valence-electron chi connectivity index (χ4n) is 1.80. The van der Waals surface area contributed by atoms with Gasteiger partial charge in [-0.3, -0.25) is 4.98 Å². The van der Waals surface area contributed by atoms with Gasteiger partial charge < -0.3 is 5.32 Å². The standard InChI is InChI=1S/C13H16N4/c1-9-12(8-14-3)10(2)17-13(16-9)11-4-6-15-7-5-11/h4-7,14H,8H2,1-3H3. The van der Waals surface area contributed by atoms with Crippen molar-refractivity contribution in [3.8, 4) is 11.4 Å². The van der Waals surface area contributed by atoms with Crippen LogP contribution in [0.15, 0.2) is 24.5 Å². The van der Waals surface area contributed by atoms with Gasteiger partial charge in [0.15, 0.2) is 5.82 Å². The summed E-state index contributed by atoms with van der Waals surface area (Å²) in [5.74, 6) is 0.766. The Labute approximate surface area is 101 Å². The van der Waals surface area contributed by atoms with Crippen LogP contribution in [0.1, 0.15) is 17.0 Å². The molecule has 0 amide bonds. The lowest BCUT2D eigenvalue weighted by atomic mass is 10.1. The van der Waals surface area contributed by atoms with E-state index in [0.717, 1.165) is 29.3 Å². The van der Waals surface area contributed by atoms with E-state index >= 15 is 0 Å². The highest BCUT2D eigenvalue weighted by atomic mass is 14.9. The molecule has 0 spiro atoms. The van der Waals surface area contributed by atoms with E-state index in [2.05, 4.69) is 20.3 Å². The van der Waals surface area contributed by atoms with Crippen molar-refractivity contribution in [1.29, 1.82) is 0 Å². The van der Waals surface area contributed by atoms with Crippen molar-refractivity contribution in [1.82, 2.24) is 20.3 Å². The minimum Gasteiger partial charge on any atom is -0.316 e. The lowest BCUT2D eigenvalue weighted by molar-refractivity contribution is 0.787. The van der Waals surface area contributed by atoms with Crippen LogP contribution in [-0.2, 0) is 6.54 Å². The normalized spacial score (nSPS) is 10.5. The summed E-state index contributed by atoms with van der Waals surface area (Å²) in [5.41, 5.74) is 4.23. The molecule has 0 aliphatic rings. The first-order valence-corrected chi connectivity index (χ1v) is 5.61. The Balaban J connectivity index is 2.46. The Kier molecular flexibility index (Phi) is 3.44. The van der Waals surface area contributed by atoms with Crippen LogP contribution in [0, 0.1) is 13.8 Å². The van der Waals surface area contributed by atoms with E-state index in [-0.39, 0.29) is 0 Å². The Morgan fingerprint density at radius 2 is 1.65 bits per heavy atom. The van der Waals surface area contributed by atoms with Crippen LogP contribution >= 0.6 is 0 Å². The Bertz CT molecular complexity index is 485. The monoisotopic (exact) mass is 228 g/mol. The second kappa shape index (κ2) is 5.01. The molecule has 0 fully saturated rings. The summed E-state index contributed by atoms with van der Waals surface area (Å²) in [4.78, 5) is 13.1. The summed E-state index contributed by atoms with van der Waals surface area (Å²) in [7, 11) is 1.93.